The van der Waals surface area contributed by atoms with Gasteiger partial charge < -0.3 is 4.74 Å². The summed E-state index contributed by atoms with van der Waals surface area (Å²) in [5.74, 6) is -2.28. The Hall–Kier alpha value is -1.21. The molecule has 0 radical (unpaired) electrons. The first-order valence-electron chi connectivity index (χ1n) is 4.86. The first-order chi connectivity index (χ1) is 7.78. The molecule has 0 amide bonds. The van der Waals surface area contributed by atoms with Crippen LogP contribution in [0.5, 0.6) is 5.75 Å². The molecule has 2 N–H and O–H groups in total. The van der Waals surface area contributed by atoms with Crippen LogP contribution in [-0.2, 0) is 10.0 Å². The van der Waals surface area contributed by atoms with Crippen molar-refractivity contribution in [3.63, 3.8) is 0 Å². The Morgan fingerprint density at radius 3 is 2.59 bits per heavy atom. The van der Waals surface area contributed by atoms with E-state index in [1.807, 2.05) is 0 Å². The van der Waals surface area contributed by atoms with Gasteiger partial charge in [-0.3, -0.25) is 0 Å². The van der Waals surface area contributed by atoms with Crippen LogP contribution >= 0.6 is 0 Å². The van der Waals surface area contributed by atoms with E-state index in [2.05, 4.69) is 0 Å². The molecule has 0 aliphatic carbocycles. The number of hydrogen-bond acceptors (Lipinski definition) is 3. The predicted octanol–water partition coefficient (Wildman–Crippen LogP) is 1.27. The summed E-state index contributed by atoms with van der Waals surface area (Å²) in [6.45, 7) is 1.59. The summed E-state index contributed by atoms with van der Waals surface area (Å²) in [5, 5.41) is 4.85. The largest absolute Gasteiger partial charge is 0.490 e. The Morgan fingerprint density at radius 2 is 2.06 bits per heavy atom. The van der Waals surface area contributed by atoms with Gasteiger partial charge in [0.2, 0.25) is 10.0 Å². The van der Waals surface area contributed by atoms with Crippen LogP contribution < -0.4 is 9.88 Å². The minimum Gasteiger partial charge on any atom is -0.490 e. The SMILES string of the molecule is CC(COc1ccc(F)cc1F)CS(N)(=O)=O. The van der Waals surface area contributed by atoms with Crippen LogP contribution in [0.4, 0.5) is 8.78 Å². The predicted molar refractivity (Wildman–Crippen MR) is 59.0 cm³/mol. The lowest BCUT2D eigenvalue weighted by atomic mass is 10.2. The maximum absolute atomic E-state index is 13.1. The number of primary sulfonamides is 1. The van der Waals surface area contributed by atoms with E-state index in [1.165, 1.54) is 0 Å². The summed E-state index contributed by atoms with van der Waals surface area (Å²) in [6.07, 6.45) is 0. The molecule has 1 rings (SSSR count). The lowest BCUT2D eigenvalue weighted by Crippen LogP contribution is -2.25. The molecule has 0 saturated carbocycles. The number of ether oxygens (including phenoxy) is 1. The summed E-state index contributed by atoms with van der Waals surface area (Å²) >= 11 is 0. The summed E-state index contributed by atoms with van der Waals surface area (Å²) in [6, 6.07) is 2.90. The van der Waals surface area contributed by atoms with Gasteiger partial charge in [0.15, 0.2) is 11.6 Å². The summed E-state index contributed by atoms with van der Waals surface area (Å²) in [7, 11) is -3.58. The molecule has 0 fully saturated rings. The lowest BCUT2D eigenvalue weighted by Gasteiger charge is -2.12. The molecular formula is C10H13F2NO3S. The first kappa shape index (κ1) is 13.9. The fourth-order valence-electron chi connectivity index (χ4n) is 1.27. The molecule has 0 heterocycles. The van der Waals surface area contributed by atoms with Crippen LogP contribution in [0.25, 0.3) is 0 Å². The Balaban J connectivity index is 2.56. The summed E-state index contributed by atoms with van der Waals surface area (Å²) in [5.41, 5.74) is 0. The molecular weight excluding hydrogens is 252 g/mol. The molecule has 0 bridgehead atoms. The number of halogens is 2. The van der Waals surface area contributed by atoms with Gasteiger partial charge in [-0.1, -0.05) is 6.92 Å². The molecule has 0 saturated heterocycles. The third-order valence-electron chi connectivity index (χ3n) is 1.93. The second kappa shape index (κ2) is 5.42. The van der Waals surface area contributed by atoms with Crippen LogP contribution in [-0.4, -0.2) is 20.8 Å². The zero-order valence-electron chi connectivity index (χ0n) is 9.19. The quantitative estimate of drug-likeness (QED) is 0.871. The van der Waals surface area contributed by atoms with Crippen LogP contribution in [0.3, 0.4) is 0 Å². The average molecular weight is 265 g/mol. The molecule has 96 valence electrons. The Labute approximate surface area is 98.4 Å². The topological polar surface area (TPSA) is 69.4 Å². The minimum absolute atomic E-state index is 0.0149. The van der Waals surface area contributed by atoms with E-state index in [0.717, 1.165) is 12.1 Å². The fraction of sp³-hybridized carbons (Fsp3) is 0.400. The fourth-order valence-corrected chi connectivity index (χ4v) is 2.16. The Bertz CT molecular complexity index is 490. The van der Waals surface area contributed by atoms with Gasteiger partial charge in [-0.15, -0.1) is 0 Å². The number of rotatable bonds is 5. The van der Waals surface area contributed by atoms with Crippen molar-refractivity contribution in [2.45, 2.75) is 6.92 Å². The van der Waals surface area contributed by atoms with E-state index in [-0.39, 0.29) is 24.0 Å². The smallest absolute Gasteiger partial charge is 0.209 e. The van der Waals surface area contributed by atoms with Gasteiger partial charge in [0, 0.05) is 12.0 Å². The number of nitrogens with two attached hydrogens (primary N) is 1. The number of hydrogen-bond donors (Lipinski definition) is 1. The normalized spacial score (nSPS) is 13.4. The van der Waals surface area contributed by atoms with Crippen LogP contribution in [0, 0.1) is 17.6 Å². The van der Waals surface area contributed by atoms with Crippen molar-refractivity contribution in [2.24, 2.45) is 11.1 Å². The summed E-state index contributed by atoms with van der Waals surface area (Å²) < 4.78 is 52.3. The first-order valence-corrected chi connectivity index (χ1v) is 6.58. The van der Waals surface area contributed by atoms with Crippen LogP contribution in [0.15, 0.2) is 18.2 Å². The van der Waals surface area contributed by atoms with E-state index in [0.29, 0.717) is 6.07 Å². The molecule has 7 heteroatoms. The second-order valence-electron chi connectivity index (χ2n) is 3.82. The third kappa shape index (κ3) is 5.10. The van der Waals surface area contributed by atoms with Gasteiger partial charge >= 0.3 is 0 Å². The van der Waals surface area contributed by atoms with E-state index in [1.54, 1.807) is 6.92 Å². The zero-order valence-corrected chi connectivity index (χ0v) is 10.0. The van der Waals surface area contributed by atoms with E-state index < -0.39 is 21.7 Å². The highest BCUT2D eigenvalue weighted by Crippen LogP contribution is 2.18. The van der Waals surface area contributed by atoms with Gasteiger partial charge in [-0.25, -0.2) is 22.3 Å². The summed E-state index contributed by atoms with van der Waals surface area (Å²) in [4.78, 5) is 0. The van der Waals surface area contributed by atoms with Crippen molar-refractivity contribution in [2.75, 3.05) is 12.4 Å². The molecule has 4 nitrogen and oxygen atoms in total. The van der Waals surface area contributed by atoms with E-state index in [9.17, 15) is 17.2 Å². The highest BCUT2D eigenvalue weighted by Gasteiger charge is 2.13. The molecule has 0 aromatic heterocycles. The molecule has 1 aromatic rings. The van der Waals surface area contributed by atoms with E-state index in [4.69, 9.17) is 9.88 Å². The lowest BCUT2D eigenvalue weighted by molar-refractivity contribution is 0.259. The standard InChI is InChI=1S/C10H13F2NO3S/c1-7(6-17(13,14)15)5-16-10-3-2-8(11)4-9(10)12/h2-4,7H,5-6H2,1H3,(H2,13,14,15). The zero-order chi connectivity index (χ0) is 13.1. The molecule has 0 aliphatic rings. The van der Waals surface area contributed by atoms with Crippen molar-refractivity contribution >= 4 is 10.0 Å². The van der Waals surface area contributed by atoms with Crippen molar-refractivity contribution < 1.29 is 21.9 Å². The number of sulfonamides is 1. The van der Waals surface area contributed by atoms with Crippen molar-refractivity contribution in [3.8, 4) is 5.75 Å². The molecule has 1 atom stereocenters. The second-order valence-corrected chi connectivity index (χ2v) is 5.48. The Kier molecular flexibility index (Phi) is 4.41. The highest BCUT2D eigenvalue weighted by molar-refractivity contribution is 7.89. The average Bonchev–Trinajstić information content (AvgIpc) is 2.13. The van der Waals surface area contributed by atoms with Gasteiger partial charge in [0.25, 0.3) is 0 Å². The molecule has 0 spiro atoms. The molecule has 1 unspecified atom stereocenters. The van der Waals surface area contributed by atoms with E-state index >= 15 is 0 Å². The Morgan fingerprint density at radius 1 is 1.41 bits per heavy atom. The van der Waals surface area contributed by atoms with Gasteiger partial charge in [-0.2, -0.15) is 0 Å². The van der Waals surface area contributed by atoms with Gasteiger partial charge in [-0.05, 0) is 12.1 Å². The highest BCUT2D eigenvalue weighted by atomic mass is 32.2. The van der Waals surface area contributed by atoms with Crippen molar-refractivity contribution in [3.05, 3.63) is 29.8 Å². The van der Waals surface area contributed by atoms with Gasteiger partial charge in [0.1, 0.15) is 5.82 Å². The minimum atomic E-state index is -3.58. The van der Waals surface area contributed by atoms with Crippen molar-refractivity contribution in [1.82, 2.24) is 0 Å². The monoisotopic (exact) mass is 265 g/mol. The van der Waals surface area contributed by atoms with Crippen LogP contribution in [0.2, 0.25) is 0 Å². The molecule has 0 aliphatic heterocycles. The van der Waals surface area contributed by atoms with Gasteiger partial charge in [0.05, 0.1) is 12.4 Å². The van der Waals surface area contributed by atoms with Crippen LogP contribution in [0.1, 0.15) is 6.92 Å². The molecule has 17 heavy (non-hydrogen) atoms. The number of benzene rings is 1. The molecule has 1 aromatic carbocycles. The maximum atomic E-state index is 13.1. The van der Waals surface area contributed by atoms with Crippen molar-refractivity contribution in [1.29, 1.82) is 0 Å². The maximum Gasteiger partial charge on any atom is 0.209 e. The third-order valence-corrected chi connectivity index (χ3v) is 2.97.